The highest BCUT2D eigenvalue weighted by atomic mass is 16.5. The molecule has 0 unspecified atom stereocenters. The number of carbonyl (C=O) groups is 1. The molecular formula is C17H22N4O4. The van der Waals surface area contributed by atoms with Gasteiger partial charge in [-0.2, -0.15) is 0 Å². The van der Waals surface area contributed by atoms with Gasteiger partial charge in [0.2, 0.25) is 5.91 Å². The summed E-state index contributed by atoms with van der Waals surface area (Å²) in [6.07, 6.45) is 1.96. The second-order valence-corrected chi connectivity index (χ2v) is 5.89. The molecule has 1 aliphatic heterocycles. The van der Waals surface area contributed by atoms with Crippen LogP contribution >= 0.6 is 0 Å². The van der Waals surface area contributed by atoms with Crippen molar-refractivity contribution in [3.63, 3.8) is 0 Å². The molecule has 8 heteroatoms. The molecule has 0 radical (unpaired) electrons. The van der Waals surface area contributed by atoms with Crippen LogP contribution in [0, 0.1) is 0 Å². The smallest absolute Gasteiger partial charge is 0.227 e. The second-order valence-electron chi connectivity index (χ2n) is 5.89. The number of benzene rings is 1. The van der Waals surface area contributed by atoms with Gasteiger partial charge in [-0.05, 0) is 18.2 Å². The number of ether oxygens (including phenoxy) is 3. The molecule has 1 aromatic heterocycles. The maximum atomic E-state index is 12.6. The summed E-state index contributed by atoms with van der Waals surface area (Å²) in [5, 5.41) is 7.96. The average Bonchev–Trinajstić information content (AvgIpc) is 3.01. The van der Waals surface area contributed by atoms with Gasteiger partial charge in [-0.25, -0.2) is 0 Å². The Morgan fingerprint density at radius 1 is 1.24 bits per heavy atom. The summed E-state index contributed by atoms with van der Waals surface area (Å²) < 4.78 is 17.7. The quantitative estimate of drug-likeness (QED) is 0.746. The van der Waals surface area contributed by atoms with Crippen molar-refractivity contribution in [3.8, 4) is 11.5 Å². The van der Waals surface area contributed by atoms with Gasteiger partial charge in [0.1, 0.15) is 24.4 Å². The van der Waals surface area contributed by atoms with Crippen LogP contribution in [0.1, 0.15) is 17.4 Å². The Bertz CT molecular complexity index is 740. The molecule has 25 heavy (non-hydrogen) atoms. The predicted molar refractivity (Wildman–Crippen MR) is 89.6 cm³/mol. The zero-order valence-corrected chi connectivity index (χ0v) is 14.6. The van der Waals surface area contributed by atoms with Gasteiger partial charge in [0.05, 0.1) is 26.7 Å². The molecule has 134 valence electrons. The van der Waals surface area contributed by atoms with Crippen molar-refractivity contribution < 1.29 is 19.0 Å². The summed E-state index contributed by atoms with van der Waals surface area (Å²) in [6.45, 7) is 1.69. The molecule has 1 aromatic carbocycles. The number of rotatable bonds is 7. The van der Waals surface area contributed by atoms with E-state index in [9.17, 15) is 4.79 Å². The van der Waals surface area contributed by atoms with Crippen molar-refractivity contribution in [3.05, 3.63) is 35.9 Å². The highest BCUT2D eigenvalue weighted by Crippen LogP contribution is 2.27. The van der Waals surface area contributed by atoms with Crippen molar-refractivity contribution >= 4 is 5.91 Å². The van der Waals surface area contributed by atoms with E-state index in [4.69, 9.17) is 14.2 Å². The van der Waals surface area contributed by atoms with Crippen molar-refractivity contribution in [1.29, 1.82) is 0 Å². The van der Waals surface area contributed by atoms with Crippen LogP contribution in [-0.2, 0) is 22.6 Å². The number of methoxy groups -OCH3 is 3. The molecule has 0 atom stereocenters. The van der Waals surface area contributed by atoms with Gasteiger partial charge in [0.25, 0.3) is 0 Å². The van der Waals surface area contributed by atoms with Crippen molar-refractivity contribution in [2.45, 2.75) is 19.1 Å². The molecule has 0 spiro atoms. The van der Waals surface area contributed by atoms with E-state index >= 15 is 0 Å². The number of carbonyl (C=O) groups excluding carboxylic acids is 1. The van der Waals surface area contributed by atoms with Crippen molar-refractivity contribution in [2.75, 3.05) is 34.4 Å². The maximum absolute atomic E-state index is 12.6. The highest BCUT2D eigenvalue weighted by molar-refractivity contribution is 5.80. The van der Waals surface area contributed by atoms with E-state index in [-0.39, 0.29) is 18.4 Å². The van der Waals surface area contributed by atoms with Gasteiger partial charge < -0.3 is 23.7 Å². The summed E-state index contributed by atoms with van der Waals surface area (Å²) in [7, 11) is 4.82. The van der Waals surface area contributed by atoms with Gasteiger partial charge in [0.15, 0.2) is 5.82 Å². The lowest BCUT2D eigenvalue weighted by atomic mass is 10.0. The molecule has 2 aromatic rings. The Kier molecular flexibility index (Phi) is 5.18. The molecule has 0 saturated carbocycles. The zero-order chi connectivity index (χ0) is 17.8. The van der Waals surface area contributed by atoms with E-state index in [0.717, 1.165) is 11.4 Å². The number of hydrogen-bond donors (Lipinski definition) is 0. The minimum absolute atomic E-state index is 0.0594. The Balaban J connectivity index is 1.62. The van der Waals surface area contributed by atoms with Crippen molar-refractivity contribution in [1.82, 2.24) is 19.7 Å². The molecule has 1 amide bonds. The molecular weight excluding hydrogens is 324 g/mol. The fraction of sp³-hybridized carbons (Fsp3) is 0.471. The Labute approximate surface area is 146 Å². The van der Waals surface area contributed by atoms with E-state index < -0.39 is 0 Å². The van der Waals surface area contributed by atoms with Crippen LogP contribution < -0.4 is 9.47 Å². The van der Waals surface area contributed by atoms with Gasteiger partial charge in [-0.1, -0.05) is 0 Å². The maximum Gasteiger partial charge on any atom is 0.227 e. The Morgan fingerprint density at radius 3 is 2.72 bits per heavy atom. The normalized spacial score (nSPS) is 14.3. The summed E-state index contributed by atoms with van der Waals surface area (Å²) in [5.74, 6) is 2.23. The van der Waals surface area contributed by atoms with Crippen LogP contribution in [0.5, 0.6) is 11.5 Å². The molecule has 2 heterocycles. The molecule has 0 aliphatic carbocycles. The first-order chi connectivity index (χ1) is 12.2. The van der Waals surface area contributed by atoms with Crippen LogP contribution in [-0.4, -0.2) is 60.0 Å². The number of aromatic nitrogens is 3. The summed E-state index contributed by atoms with van der Waals surface area (Å²) in [5.41, 5.74) is 0.819. The van der Waals surface area contributed by atoms with Crippen LogP contribution in [0.2, 0.25) is 0 Å². The summed E-state index contributed by atoms with van der Waals surface area (Å²) >= 11 is 0. The summed E-state index contributed by atoms with van der Waals surface area (Å²) in [4.78, 5) is 14.4. The van der Waals surface area contributed by atoms with Crippen LogP contribution in [0.3, 0.4) is 0 Å². The zero-order valence-electron chi connectivity index (χ0n) is 14.6. The predicted octanol–water partition coefficient (Wildman–Crippen LogP) is 1.07. The number of amides is 1. The largest absolute Gasteiger partial charge is 0.497 e. The Morgan fingerprint density at radius 2 is 2.04 bits per heavy atom. The van der Waals surface area contributed by atoms with Crippen LogP contribution in [0.4, 0.5) is 0 Å². The van der Waals surface area contributed by atoms with Gasteiger partial charge in [-0.3, -0.25) is 4.79 Å². The van der Waals surface area contributed by atoms with Gasteiger partial charge >= 0.3 is 0 Å². The lowest BCUT2D eigenvalue weighted by Gasteiger charge is -2.40. The van der Waals surface area contributed by atoms with E-state index in [1.54, 1.807) is 27.7 Å². The fourth-order valence-corrected chi connectivity index (χ4v) is 2.93. The topological polar surface area (TPSA) is 78.7 Å². The van der Waals surface area contributed by atoms with Gasteiger partial charge in [0, 0.05) is 25.8 Å². The van der Waals surface area contributed by atoms with E-state index in [1.165, 1.54) is 0 Å². The molecule has 1 fully saturated rings. The van der Waals surface area contributed by atoms with Gasteiger partial charge in [-0.15, -0.1) is 10.2 Å². The lowest BCUT2D eigenvalue weighted by molar-refractivity contribution is -0.136. The molecule has 0 bridgehead atoms. The lowest BCUT2D eigenvalue weighted by Crippen LogP contribution is -2.51. The highest BCUT2D eigenvalue weighted by Gasteiger charge is 2.33. The first-order valence-corrected chi connectivity index (χ1v) is 8.02. The minimum Gasteiger partial charge on any atom is -0.497 e. The Hall–Kier alpha value is -2.61. The SMILES string of the molecule is COCc1nncn1C1CN(C(=O)Cc2cc(OC)ccc2OC)C1. The standard InChI is InChI=1S/C17H22N4O4/c1-23-10-16-19-18-11-21(16)13-8-20(9-13)17(22)7-12-6-14(24-2)4-5-15(12)25-3/h4-6,11,13H,7-10H2,1-3H3. The fourth-order valence-electron chi connectivity index (χ4n) is 2.93. The third kappa shape index (κ3) is 3.58. The summed E-state index contributed by atoms with van der Waals surface area (Å²) in [6, 6.07) is 5.66. The molecule has 1 saturated heterocycles. The molecule has 0 N–H and O–H groups in total. The monoisotopic (exact) mass is 346 g/mol. The van der Waals surface area contributed by atoms with E-state index in [1.807, 2.05) is 27.7 Å². The third-order valence-corrected chi connectivity index (χ3v) is 4.36. The first-order valence-electron chi connectivity index (χ1n) is 8.02. The second kappa shape index (κ2) is 7.52. The molecule has 8 nitrogen and oxygen atoms in total. The number of nitrogens with zero attached hydrogens (tertiary/aromatic N) is 4. The average molecular weight is 346 g/mol. The molecule has 1 aliphatic rings. The van der Waals surface area contributed by atoms with E-state index in [0.29, 0.717) is 31.2 Å². The first kappa shape index (κ1) is 17.2. The molecule has 3 rings (SSSR count). The number of likely N-dealkylation sites (tertiary alicyclic amines) is 1. The third-order valence-electron chi connectivity index (χ3n) is 4.36. The van der Waals surface area contributed by atoms with Crippen molar-refractivity contribution in [2.24, 2.45) is 0 Å². The number of hydrogen-bond acceptors (Lipinski definition) is 6. The van der Waals surface area contributed by atoms with Crippen LogP contribution in [0.15, 0.2) is 24.5 Å². The van der Waals surface area contributed by atoms with Crippen LogP contribution in [0.25, 0.3) is 0 Å². The van der Waals surface area contributed by atoms with E-state index in [2.05, 4.69) is 10.2 Å². The minimum atomic E-state index is 0.0594.